The monoisotopic (exact) mass is 189 g/mol. The first-order chi connectivity index (χ1) is 6.70. The third-order valence-corrected chi connectivity index (χ3v) is 2.51. The Morgan fingerprint density at radius 2 is 1.86 bits per heavy atom. The molecule has 14 heavy (non-hydrogen) atoms. The molecule has 0 fully saturated rings. The van der Waals surface area contributed by atoms with Gasteiger partial charge >= 0.3 is 0 Å². The smallest absolute Gasteiger partial charge is 0.133 e. The van der Waals surface area contributed by atoms with Gasteiger partial charge in [0.05, 0.1) is 5.52 Å². The van der Waals surface area contributed by atoms with Gasteiger partial charge in [-0.05, 0) is 23.4 Å². The van der Waals surface area contributed by atoms with Crippen molar-refractivity contribution in [1.29, 1.82) is 0 Å². The molecule has 0 saturated heterocycles. The number of para-hydroxylation sites is 1. The van der Waals surface area contributed by atoms with Gasteiger partial charge in [0.1, 0.15) is 6.23 Å². The van der Waals surface area contributed by atoms with Crippen LogP contribution in [0.25, 0.3) is 10.9 Å². The minimum absolute atomic E-state index is 0.228. The van der Waals surface area contributed by atoms with Crippen LogP contribution in [0.5, 0.6) is 0 Å². The zero-order chi connectivity index (χ0) is 10.1. The van der Waals surface area contributed by atoms with E-state index in [2.05, 4.69) is 6.07 Å². The summed E-state index contributed by atoms with van der Waals surface area (Å²) in [7, 11) is 0. The topological polar surface area (TPSA) is 25.2 Å². The van der Waals surface area contributed by atoms with Crippen LogP contribution < -0.4 is 0 Å². The van der Waals surface area contributed by atoms with Crippen LogP contribution in [0.4, 0.5) is 0 Å². The largest absolute Gasteiger partial charge is 0.373 e. The highest BCUT2D eigenvalue weighted by atomic mass is 16.3. The molecule has 0 aliphatic heterocycles. The number of hydrogen-bond donors (Lipinski definition) is 1. The second-order valence-electron chi connectivity index (χ2n) is 3.94. The van der Waals surface area contributed by atoms with Crippen molar-refractivity contribution in [2.24, 2.45) is 5.92 Å². The van der Waals surface area contributed by atoms with Crippen molar-refractivity contribution >= 4 is 10.9 Å². The summed E-state index contributed by atoms with van der Waals surface area (Å²) >= 11 is 0. The van der Waals surface area contributed by atoms with E-state index in [1.807, 2.05) is 48.9 Å². The van der Waals surface area contributed by atoms with Crippen molar-refractivity contribution in [3.63, 3.8) is 0 Å². The molecule has 1 heterocycles. The number of nitrogens with zero attached hydrogens (tertiary/aromatic N) is 1. The lowest BCUT2D eigenvalue weighted by Gasteiger charge is -2.17. The van der Waals surface area contributed by atoms with Crippen LogP contribution in [-0.2, 0) is 0 Å². The van der Waals surface area contributed by atoms with Crippen molar-refractivity contribution in [2.45, 2.75) is 20.1 Å². The summed E-state index contributed by atoms with van der Waals surface area (Å²) in [6, 6.07) is 10.1. The maximum absolute atomic E-state index is 9.95. The molecule has 2 rings (SSSR count). The van der Waals surface area contributed by atoms with Gasteiger partial charge in [0.2, 0.25) is 0 Å². The number of aliphatic hydroxyl groups excluding tert-OH is 1. The van der Waals surface area contributed by atoms with Crippen molar-refractivity contribution in [3.05, 3.63) is 36.5 Å². The minimum atomic E-state index is -0.435. The lowest BCUT2D eigenvalue weighted by molar-refractivity contribution is 0.0611. The number of aliphatic hydroxyl groups is 1. The Hall–Kier alpha value is -1.28. The molecule has 0 saturated carbocycles. The van der Waals surface area contributed by atoms with Crippen LogP contribution >= 0.6 is 0 Å². The molecular weight excluding hydrogens is 174 g/mol. The number of benzene rings is 1. The normalized spacial score (nSPS) is 13.7. The fraction of sp³-hybridized carbons (Fsp3) is 0.333. The third-order valence-electron chi connectivity index (χ3n) is 2.51. The van der Waals surface area contributed by atoms with Crippen LogP contribution in [0.1, 0.15) is 20.1 Å². The summed E-state index contributed by atoms with van der Waals surface area (Å²) in [6.07, 6.45) is 1.50. The van der Waals surface area contributed by atoms with Crippen LogP contribution in [0.15, 0.2) is 36.5 Å². The molecule has 2 aromatic rings. The Morgan fingerprint density at radius 1 is 1.14 bits per heavy atom. The number of hydrogen-bond acceptors (Lipinski definition) is 1. The van der Waals surface area contributed by atoms with Gasteiger partial charge in [-0.15, -0.1) is 0 Å². The maximum Gasteiger partial charge on any atom is 0.133 e. The molecule has 1 atom stereocenters. The lowest BCUT2D eigenvalue weighted by Crippen LogP contribution is -2.12. The van der Waals surface area contributed by atoms with Crippen molar-refractivity contribution in [3.8, 4) is 0 Å². The van der Waals surface area contributed by atoms with Crippen molar-refractivity contribution in [2.75, 3.05) is 0 Å². The summed E-state index contributed by atoms with van der Waals surface area (Å²) in [5.41, 5.74) is 1.09. The van der Waals surface area contributed by atoms with E-state index in [1.54, 1.807) is 0 Å². The Balaban J connectivity index is 2.53. The summed E-state index contributed by atoms with van der Waals surface area (Å²) < 4.78 is 1.92. The van der Waals surface area contributed by atoms with E-state index < -0.39 is 6.23 Å². The minimum Gasteiger partial charge on any atom is -0.373 e. The fourth-order valence-corrected chi connectivity index (χ4v) is 1.66. The molecule has 1 aromatic carbocycles. The van der Waals surface area contributed by atoms with Crippen LogP contribution in [-0.4, -0.2) is 9.67 Å². The Kier molecular flexibility index (Phi) is 2.30. The average Bonchev–Trinajstić information content (AvgIpc) is 2.60. The Morgan fingerprint density at radius 3 is 2.57 bits per heavy atom. The highest BCUT2D eigenvalue weighted by Gasteiger charge is 2.12. The molecule has 1 aromatic heterocycles. The molecule has 0 radical (unpaired) electrons. The predicted molar refractivity (Wildman–Crippen MR) is 58.0 cm³/mol. The van der Waals surface area contributed by atoms with Gasteiger partial charge < -0.3 is 9.67 Å². The summed E-state index contributed by atoms with van der Waals surface area (Å²) in [5, 5.41) is 11.1. The fourth-order valence-electron chi connectivity index (χ4n) is 1.66. The van der Waals surface area contributed by atoms with E-state index in [0.29, 0.717) is 0 Å². The van der Waals surface area contributed by atoms with Gasteiger partial charge in [0.25, 0.3) is 0 Å². The third kappa shape index (κ3) is 1.42. The molecular formula is C12H15NO. The zero-order valence-corrected chi connectivity index (χ0v) is 8.51. The molecule has 74 valence electrons. The molecule has 2 heteroatoms. The van der Waals surface area contributed by atoms with E-state index in [-0.39, 0.29) is 5.92 Å². The van der Waals surface area contributed by atoms with Gasteiger partial charge in [-0.2, -0.15) is 0 Å². The van der Waals surface area contributed by atoms with Gasteiger partial charge in [-0.3, -0.25) is 0 Å². The standard InChI is InChI=1S/C12H15NO/c1-9(2)12(14)13-8-7-10-5-3-4-6-11(10)13/h3-9,12,14H,1-2H3/t12-/m1/s1. The number of rotatable bonds is 2. The maximum atomic E-state index is 9.95. The van der Waals surface area contributed by atoms with Gasteiger partial charge in [-0.1, -0.05) is 32.0 Å². The molecule has 0 unspecified atom stereocenters. The lowest BCUT2D eigenvalue weighted by atomic mass is 10.2. The first-order valence-corrected chi connectivity index (χ1v) is 4.94. The van der Waals surface area contributed by atoms with Crippen LogP contribution in [0, 0.1) is 5.92 Å². The van der Waals surface area contributed by atoms with Crippen molar-refractivity contribution in [1.82, 2.24) is 4.57 Å². The predicted octanol–water partition coefficient (Wildman–Crippen LogP) is 2.79. The second kappa shape index (κ2) is 3.46. The molecule has 1 N–H and O–H groups in total. The van der Waals surface area contributed by atoms with E-state index >= 15 is 0 Å². The van der Waals surface area contributed by atoms with Crippen LogP contribution in [0.2, 0.25) is 0 Å². The first kappa shape index (κ1) is 9.28. The van der Waals surface area contributed by atoms with Crippen molar-refractivity contribution < 1.29 is 5.11 Å². The van der Waals surface area contributed by atoms with Gasteiger partial charge in [0, 0.05) is 6.20 Å². The molecule has 0 amide bonds. The summed E-state index contributed by atoms with van der Waals surface area (Å²) in [4.78, 5) is 0. The van der Waals surface area contributed by atoms with E-state index in [0.717, 1.165) is 5.52 Å². The number of fused-ring (bicyclic) bond motifs is 1. The van der Waals surface area contributed by atoms with Gasteiger partial charge in [0.15, 0.2) is 0 Å². The highest BCUT2D eigenvalue weighted by molar-refractivity contribution is 5.79. The highest BCUT2D eigenvalue weighted by Crippen LogP contribution is 2.22. The molecule has 0 aliphatic rings. The quantitative estimate of drug-likeness (QED) is 0.772. The molecule has 0 aliphatic carbocycles. The van der Waals surface area contributed by atoms with E-state index in [4.69, 9.17) is 0 Å². The molecule has 0 spiro atoms. The van der Waals surface area contributed by atoms with E-state index in [1.165, 1.54) is 5.39 Å². The summed E-state index contributed by atoms with van der Waals surface area (Å²) in [5.74, 6) is 0.228. The Bertz CT molecular complexity index is 431. The van der Waals surface area contributed by atoms with E-state index in [9.17, 15) is 5.11 Å². The SMILES string of the molecule is CC(C)[C@@H](O)n1ccc2ccccc21. The average molecular weight is 189 g/mol. The molecule has 2 nitrogen and oxygen atoms in total. The summed E-state index contributed by atoms with van der Waals surface area (Å²) in [6.45, 7) is 4.03. The Labute approximate surface area is 83.8 Å². The first-order valence-electron chi connectivity index (χ1n) is 4.94. The number of aromatic nitrogens is 1. The second-order valence-corrected chi connectivity index (χ2v) is 3.94. The van der Waals surface area contributed by atoms with Gasteiger partial charge in [-0.25, -0.2) is 0 Å². The zero-order valence-electron chi connectivity index (χ0n) is 8.51. The van der Waals surface area contributed by atoms with Crippen LogP contribution in [0.3, 0.4) is 0 Å². The molecule has 0 bridgehead atoms.